The number of nitrogens with zero attached hydrogens (tertiary/aromatic N) is 3. The quantitative estimate of drug-likeness (QED) is 0.236. The molecular formula is C25H18BrN5O2S. The number of benzene rings is 3. The van der Waals surface area contributed by atoms with Crippen LogP contribution in [-0.2, 0) is 0 Å². The van der Waals surface area contributed by atoms with Crippen LogP contribution in [0.3, 0.4) is 0 Å². The molecular weight excluding hydrogens is 514 g/mol. The molecule has 0 aliphatic carbocycles. The molecule has 0 saturated heterocycles. The minimum atomic E-state index is -0.380. The molecule has 0 saturated carbocycles. The van der Waals surface area contributed by atoms with Crippen molar-refractivity contribution in [2.24, 2.45) is 5.10 Å². The van der Waals surface area contributed by atoms with Gasteiger partial charge in [0.25, 0.3) is 11.5 Å². The van der Waals surface area contributed by atoms with Crippen LogP contribution in [0, 0.1) is 0 Å². The Labute approximate surface area is 206 Å². The molecule has 168 valence electrons. The zero-order chi connectivity index (χ0) is 23.7. The van der Waals surface area contributed by atoms with E-state index in [1.165, 1.54) is 16.0 Å². The highest BCUT2D eigenvalue weighted by Gasteiger charge is 2.21. The number of hydrogen-bond acceptors (Lipinski definition) is 5. The highest BCUT2D eigenvalue weighted by Crippen LogP contribution is 2.26. The van der Waals surface area contributed by atoms with Gasteiger partial charge >= 0.3 is 0 Å². The molecule has 0 spiro atoms. The van der Waals surface area contributed by atoms with E-state index >= 15 is 0 Å². The van der Waals surface area contributed by atoms with Crippen LogP contribution in [0.15, 0.2) is 93.2 Å². The van der Waals surface area contributed by atoms with E-state index < -0.39 is 0 Å². The third kappa shape index (κ3) is 4.11. The van der Waals surface area contributed by atoms with E-state index in [4.69, 9.17) is 0 Å². The molecule has 1 amide bonds. The van der Waals surface area contributed by atoms with Gasteiger partial charge in [-0.2, -0.15) is 9.78 Å². The molecule has 34 heavy (non-hydrogen) atoms. The highest BCUT2D eigenvalue weighted by atomic mass is 79.9. The number of fused-ring (bicyclic) bond motifs is 1. The van der Waals surface area contributed by atoms with Crippen molar-refractivity contribution < 1.29 is 4.79 Å². The summed E-state index contributed by atoms with van der Waals surface area (Å²) in [6.45, 7) is 1.69. The molecule has 0 fully saturated rings. The van der Waals surface area contributed by atoms with Crippen LogP contribution in [-0.4, -0.2) is 26.4 Å². The number of thiazole rings is 1. The lowest BCUT2D eigenvalue weighted by atomic mass is 10.1. The molecule has 0 atom stereocenters. The largest absolute Gasteiger partial charge is 0.288 e. The monoisotopic (exact) mass is 531 g/mol. The number of para-hydroxylation sites is 1. The lowest BCUT2D eigenvalue weighted by molar-refractivity contribution is 0.0954. The molecule has 0 aliphatic rings. The first-order valence-electron chi connectivity index (χ1n) is 10.4. The third-order valence-corrected chi connectivity index (χ3v) is 6.95. The summed E-state index contributed by atoms with van der Waals surface area (Å²) in [6.07, 6.45) is 0. The average Bonchev–Trinajstić information content (AvgIpc) is 3.44. The number of amides is 1. The first kappa shape index (κ1) is 22.0. The predicted octanol–water partition coefficient (Wildman–Crippen LogP) is 5.36. The zero-order valence-corrected chi connectivity index (χ0v) is 20.4. The Morgan fingerprint density at radius 2 is 1.74 bits per heavy atom. The summed E-state index contributed by atoms with van der Waals surface area (Å²) in [5.41, 5.74) is 5.68. The summed E-state index contributed by atoms with van der Waals surface area (Å²) in [7, 11) is 0. The fourth-order valence-corrected chi connectivity index (χ4v) is 4.96. The molecule has 2 heterocycles. The molecule has 2 aromatic heterocycles. The van der Waals surface area contributed by atoms with Crippen LogP contribution in [0.25, 0.3) is 26.6 Å². The van der Waals surface area contributed by atoms with Crippen LogP contribution in [0.1, 0.15) is 22.8 Å². The fourth-order valence-electron chi connectivity index (χ4n) is 3.57. The average molecular weight is 532 g/mol. The van der Waals surface area contributed by atoms with E-state index in [1.54, 1.807) is 25.1 Å². The molecule has 5 aromatic rings. The Morgan fingerprint density at radius 1 is 1.03 bits per heavy atom. The minimum Gasteiger partial charge on any atom is -0.288 e. The van der Waals surface area contributed by atoms with Gasteiger partial charge in [-0.05, 0) is 47.1 Å². The van der Waals surface area contributed by atoms with Gasteiger partial charge in [0.2, 0.25) is 5.13 Å². The van der Waals surface area contributed by atoms with E-state index in [1.807, 2.05) is 60.7 Å². The van der Waals surface area contributed by atoms with E-state index in [0.29, 0.717) is 32.1 Å². The maximum absolute atomic E-state index is 13.5. The summed E-state index contributed by atoms with van der Waals surface area (Å²) in [6, 6.07) is 24.3. The second-order valence-electron chi connectivity index (χ2n) is 7.45. The topological polar surface area (TPSA) is 92.1 Å². The maximum Gasteiger partial charge on any atom is 0.283 e. The first-order chi connectivity index (χ1) is 16.5. The molecule has 9 heteroatoms. The number of H-pyrrole nitrogens is 1. The second kappa shape index (κ2) is 9.20. The number of hydrazone groups is 1. The van der Waals surface area contributed by atoms with Gasteiger partial charge in [-0.15, -0.1) is 0 Å². The minimum absolute atomic E-state index is 0.297. The number of aromatic nitrogens is 3. The van der Waals surface area contributed by atoms with Gasteiger partial charge in [0.1, 0.15) is 0 Å². The first-order valence-corrected chi connectivity index (χ1v) is 12.0. The normalized spacial score (nSPS) is 11.6. The Balaban J connectivity index is 1.59. The zero-order valence-electron chi connectivity index (χ0n) is 17.9. The van der Waals surface area contributed by atoms with E-state index in [2.05, 4.69) is 36.5 Å². The summed E-state index contributed by atoms with van der Waals surface area (Å²) >= 11 is 4.79. The van der Waals surface area contributed by atoms with Gasteiger partial charge in [0.05, 0.1) is 32.7 Å². The molecule has 0 bridgehead atoms. The van der Waals surface area contributed by atoms with Crippen molar-refractivity contribution in [2.45, 2.75) is 6.92 Å². The maximum atomic E-state index is 13.5. The van der Waals surface area contributed by atoms with Gasteiger partial charge < -0.3 is 0 Å². The van der Waals surface area contributed by atoms with Crippen LogP contribution < -0.4 is 11.0 Å². The fraction of sp³-hybridized carbons (Fsp3) is 0.0400. The number of hydrogen-bond donors (Lipinski definition) is 2. The van der Waals surface area contributed by atoms with Crippen molar-refractivity contribution in [1.29, 1.82) is 0 Å². The summed E-state index contributed by atoms with van der Waals surface area (Å²) in [5, 5.41) is 7.99. The molecule has 0 radical (unpaired) electrons. The van der Waals surface area contributed by atoms with Crippen molar-refractivity contribution >= 4 is 49.1 Å². The van der Waals surface area contributed by atoms with Crippen molar-refractivity contribution in [2.75, 3.05) is 0 Å². The third-order valence-electron chi connectivity index (χ3n) is 5.23. The van der Waals surface area contributed by atoms with Gasteiger partial charge in [-0.3, -0.25) is 14.7 Å². The molecule has 2 N–H and O–H groups in total. The number of aromatic amines is 1. The number of nitrogens with one attached hydrogen (secondary N) is 2. The van der Waals surface area contributed by atoms with Crippen LogP contribution >= 0.6 is 27.3 Å². The molecule has 7 nitrogen and oxygen atoms in total. The lowest BCUT2D eigenvalue weighted by Crippen LogP contribution is -2.23. The second-order valence-corrected chi connectivity index (χ2v) is 9.31. The molecule has 5 rings (SSSR count). The summed E-state index contributed by atoms with van der Waals surface area (Å²) < 4.78 is 3.06. The Kier molecular flexibility index (Phi) is 5.95. The standard InChI is InChI=1S/C25H18BrN5O2S/c1-15(28-29-23(32)17-11-5-6-12-18(17)26)21-22(16-9-3-2-4-10-16)30-31(24(21)33)25-27-19-13-7-8-14-20(19)34-25/h2-14,30H,1H3,(H,29,32)/b28-15+. The number of carbonyl (C=O) groups excluding carboxylic acids is 1. The molecule has 0 aliphatic heterocycles. The van der Waals surface area contributed by atoms with E-state index in [-0.39, 0.29) is 11.5 Å². The Morgan fingerprint density at radius 3 is 2.50 bits per heavy atom. The van der Waals surface area contributed by atoms with Gasteiger partial charge in [0, 0.05) is 10.0 Å². The van der Waals surface area contributed by atoms with E-state index in [0.717, 1.165) is 15.8 Å². The van der Waals surface area contributed by atoms with Crippen molar-refractivity contribution in [3.8, 4) is 16.4 Å². The number of rotatable bonds is 5. The molecule has 0 unspecified atom stereocenters. The molecule has 3 aromatic carbocycles. The van der Waals surface area contributed by atoms with E-state index in [9.17, 15) is 9.59 Å². The number of halogens is 1. The highest BCUT2D eigenvalue weighted by molar-refractivity contribution is 9.10. The van der Waals surface area contributed by atoms with Gasteiger partial charge in [-0.25, -0.2) is 10.4 Å². The van der Waals surface area contributed by atoms with Crippen LogP contribution in [0.2, 0.25) is 0 Å². The van der Waals surface area contributed by atoms with Crippen molar-refractivity contribution in [1.82, 2.24) is 20.2 Å². The van der Waals surface area contributed by atoms with Gasteiger partial charge in [0.15, 0.2) is 0 Å². The van der Waals surface area contributed by atoms with Crippen molar-refractivity contribution in [3.05, 3.63) is 105 Å². The number of carbonyl (C=O) groups is 1. The van der Waals surface area contributed by atoms with Crippen LogP contribution in [0.4, 0.5) is 0 Å². The summed E-state index contributed by atoms with van der Waals surface area (Å²) in [5.74, 6) is -0.380. The van der Waals surface area contributed by atoms with Crippen LogP contribution in [0.5, 0.6) is 0 Å². The lowest BCUT2D eigenvalue weighted by Gasteiger charge is -2.05. The SMILES string of the molecule is C/C(=N\NC(=O)c1ccccc1Br)c1c(-c2ccccc2)[nH]n(-c2nc3ccccc3s2)c1=O. The smallest absolute Gasteiger partial charge is 0.283 e. The Bertz CT molecular complexity index is 1570. The van der Waals surface area contributed by atoms with Gasteiger partial charge in [-0.1, -0.05) is 65.9 Å². The van der Waals surface area contributed by atoms with Crippen molar-refractivity contribution in [3.63, 3.8) is 0 Å². The Hall–Kier alpha value is -3.82. The summed E-state index contributed by atoms with van der Waals surface area (Å²) in [4.78, 5) is 30.8. The predicted molar refractivity (Wildman–Crippen MR) is 139 cm³/mol.